The average Bonchev–Trinajstić information content (AvgIpc) is 3.05. The number of carbonyl (C=O) groups excluding carboxylic acids is 1. The van der Waals surface area contributed by atoms with Crippen molar-refractivity contribution < 1.29 is 23.7 Å². The highest BCUT2D eigenvalue weighted by Crippen LogP contribution is 2.40. The molecule has 8 nitrogen and oxygen atoms in total. The predicted octanol–water partition coefficient (Wildman–Crippen LogP) is 2.72. The quantitative estimate of drug-likeness (QED) is 0.326. The molecule has 0 bridgehead atoms. The molecule has 0 saturated carbocycles. The highest BCUT2D eigenvalue weighted by atomic mass is 16.8. The maximum Gasteiger partial charge on any atom is 0.188 e. The van der Waals surface area contributed by atoms with Crippen LogP contribution in [0.4, 0.5) is 0 Å². The van der Waals surface area contributed by atoms with Crippen molar-refractivity contribution in [3.8, 4) is 0 Å². The van der Waals surface area contributed by atoms with Crippen molar-refractivity contribution in [3.05, 3.63) is 46.3 Å². The van der Waals surface area contributed by atoms with Crippen LogP contribution in [-0.4, -0.2) is 42.7 Å². The molecule has 0 amide bonds. The van der Waals surface area contributed by atoms with Crippen molar-refractivity contribution in [2.45, 2.75) is 63.3 Å². The first-order valence-corrected chi connectivity index (χ1v) is 8.18. The van der Waals surface area contributed by atoms with Gasteiger partial charge in [0.25, 0.3) is 0 Å². The molecule has 25 heavy (non-hydrogen) atoms. The number of rotatable bonds is 7. The molecule has 2 aliphatic heterocycles. The van der Waals surface area contributed by atoms with Crippen LogP contribution in [0.2, 0.25) is 0 Å². The number of fused-ring (bicyclic) bond motifs is 1. The second kappa shape index (κ2) is 7.51. The van der Waals surface area contributed by atoms with Crippen LogP contribution in [0.5, 0.6) is 0 Å². The molecule has 2 fully saturated rings. The Morgan fingerprint density at radius 3 is 2.80 bits per heavy atom. The van der Waals surface area contributed by atoms with Crippen LogP contribution in [0.25, 0.3) is 10.4 Å². The molecule has 0 unspecified atom stereocenters. The molecule has 2 aliphatic rings. The fourth-order valence-electron chi connectivity index (χ4n) is 3.18. The number of nitrogens with zero attached hydrogens (tertiary/aromatic N) is 3. The SMILES string of the molecule is CC1(C)O[C@H]2O[C@H]([C@@H](CC=O)OCc3ccccc3)[C@H](N=[N+]=[N-])[C@H]2O1. The minimum atomic E-state index is -0.811. The van der Waals surface area contributed by atoms with E-state index < -0.39 is 36.4 Å². The standard InChI is InChI=1S/C17H21N3O5/c1-17(2)24-15-13(19-20-18)14(23-16(15)25-17)12(8-9-21)22-10-11-6-4-3-5-7-11/h3-7,9,12-16H,8,10H2,1-2H3/t12-,13+,14-,15-,16-/m1/s1. The molecule has 1 aromatic rings. The smallest absolute Gasteiger partial charge is 0.188 e. The highest BCUT2D eigenvalue weighted by molar-refractivity contribution is 5.50. The number of aldehydes is 1. The molecule has 134 valence electrons. The van der Waals surface area contributed by atoms with Crippen LogP contribution >= 0.6 is 0 Å². The summed E-state index contributed by atoms with van der Waals surface area (Å²) in [7, 11) is 0. The predicted molar refractivity (Wildman–Crippen MR) is 87.3 cm³/mol. The van der Waals surface area contributed by atoms with E-state index in [2.05, 4.69) is 10.0 Å². The third kappa shape index (κ3) is 4.00. The Kier molecular flexibility index (Phi) is 5.36. The van der Waals surface area contributed by atoms with E-state index in [9.17, 15) is 4.79 Å². The molecule has 2 heterocycles. The van der Waals surface area contributed by atoms with Gasteiger partial charge in [0.2, 0.25) is 0 Å². The summed E-state index contributed by atoms with van der Waals surface area (Å²) in [6.07, 6.45) is -1.45. The minimum absolute atomic E-state index is 0.123. The summed E-state index contributed by atoms with van der Waals surface area (Å²) < 4.78 is 23.3. The van der Waals surface area contributed by atoms with Crippen LogP contribution < -0.4 is 0 Å². The number of hydrogen-bond donors (Lipinski definition) is 0. The van der Waals surface area contributed by atoms with E-state index >= 15 is 0 Å². The summed E-state index contributed by atoms with van der Waals surface area (Å²) in [6, 6.07) is 8.98. The summed E-state index contributed by atoms with van der Waals surface area (Å²) in [4.78, 5) is 14.0. The molecule has 2 saturated heterocycles. The number of benzene rings is 1. The van der Waals surface area contributed by atoms with Crippen LogP contribution in [0.1, 0.15) is 25.8 Å². The first-order chi connectivity index (χ1) is 12.0. The van der Waals surface area contributed by atoms with E-state index in [1.54, 1.807) is 13.8 Å². The monoisotopic (exact) mass is 347 g/mol. The van der Waals surface area contributed by atoms with Crippen molar-refractivity contribution in [1.82, 2.24) is 0 Å². The summed E-state index contributed by atoms with van der Waals surface area (Å²) >= 11 is 0. The summed E-state index contributed by atoms with van der Waals surface area (Å²) in [5.41, 5.74) is 9.89. The Morgan fingerprint density at radius 2 is 2.12 bits per heavy atom. The Morgan fingerprint density at radius 1 is 1.36 bits per heavy atom. The first kappa shape index (κ1) is 17.8. The summed E-state index contributed by atoms with van der Waals surface area (Å²) in [6.45, 7) is 3.86. The number of hydrogen-bond acceptors (Lipinski definition) is 6. The van der Waals surface area contributed by atoms with Crippen molar-refractivity contribution in [1.29, 1.82) is 0 Å². The number of azide groups is 1. The van der Waals surface area contributed by atoms with Gasteiger partial charge >= 0.3 is 0 Å². The van der Waals surface area contributed by atoms with Crippen LogP contribution in [0, 0.1) is 0 Å². The number of ether oxygens (including phenoxy) is 4. The van der Waals surface area contributed by atoms with Crippen molar-refractivity contribution in [2.24, 2.45) is 5.11 Å². The third-order valence-corrected chi connectivity index (χ3v) is 4.24. The Balaban J connectivity index is 1.74. The molecule has 5 atom stereocenters. The molecule has 0 radical (unpaired) electrons. The Labute approximate surface area is 145 Å². The van der Waals surface area contributed by atoms with Gasteiger partial charge in [0.05, 0.1) is 24.9 Å². The lowest BCUT2D eigenvalue weighted by Crippen LogP contribution is -2.41. The molecule has 0 spiro atoms. The van der Waals surface area contributed by atoms with E-state index in [1.165, 1.54) is 0 Å². The van der Waals surface area contributed by atoms with Crippen LogP contribution in [0.3, 0.4) is 0 Å². The second-order valence-corrected chi connectivity index (χ2v) is 6.50. The van der Waals surface area contributed by atoms with Gasteiger partial charge in [0.15, 0.2) is 12.1 Å². The van der Waals surface area contributed by atoms with Gasteiger partial charge in [0, 0.05) is 11.3 Å². The average molecular weight is 347 g/mol. The fourth-order valence-corrected chi connectivity index (χ4v) is 3.18. The van der Waals surface area contributed by atoms with E-state index in [4.69, 9.17) is 24.5 Å². The zero-order chi connectivity index (χ0) is 17.9. The molecule has 0 aliphatic carbocycles. The second-order valence-electron chi connectivity index (χ2n) is 6.50. The summed E-state index contributed by atoms with van der Waals surface area (Å²) in [5.74, 6) is -0.811. The molecular weight excluding hydrogens is 326 g/mol. The van der Waals surface area contributed by atoms with Gasteiger partial charge in [-0.05, 0) is 24.9 Å². The Hall–Kier alpha value is -1.96. The lowest BCUT2D eigenvalue weighted by molar-refractivity contribution is -0.219. The summed E-state index contributed by atoms with van der Waals surface area (Å²) in [5, 5.41) is 3.83. The van der Waals surface area contributed by atoms with Gasteiger partial charge in [-0.1, -0.05) is 35.4 Å². The molecule has 3 rings (SSSR count). The highest BCUT2D eigenvalue weighted by Gasteiger charge is 2.56. The van der Waals surface area contributed by atoms with E-state index in [1.807, 2.05) is 30.3 Å². The maximum absolute atomic E-state index is 11.1. The lowest BCUT2D eigenvalue weighted by Gasteiger charge is -2.28. The molecule has 0 N–H and O–H groups in total. The number of carbonyl (C=O) groups is 1. The van der Waals surface area contributed by atoms with E-state index in [-0.39, 0.29) is 6.42 Å². The first-order valence-electron chi connectivity index (χ1n) is 8.18. The molecule has 0 aromatic heterocycles. The zero-order valence-corrected chi connectivity index (χ0v) is 14.1. The lowest BCUT2D eigenvalue weighted by atomic mass is 10.0. The van der Waals surface area contributed by atoms with Gasteiger partial charge in [-0.2, -0.15) is 0 Å². The van der Waals surface area contributed by atoms with Crippen molar-refractivity contribution in [3.63, 3.8) is 0 Å². The molecule has 8 heteroatoms. The van der Waals surface area contributed by atoms with Crippen LogP contribution in [-0.2, 0) is 30.3 Å². The van der Waals surface area contributed by atoms with Crippen LogP contribution in [0.15, 0.2) is 35.4 Å². The van der Waals surface area contributed by atoms with Gasteiger partial charge < -0.3 is 23.7 Å². The van der Waals surface area contributed by atoms with Crippen molar-refractivity contribution in [2.75, 3.05) is 0 Å². The zero-order valence-electron chi connectivity index (χ0n) is 14.1. The molecule has 1 aromatic carbocycles. The van der Waals surface area contributed by atoms with Gasteiger partial charge in [-0.3, -0.25) is 0 Å². The third-order valence-electron chi connectivity index (χ3n) is 4.24. The van der Waals surface area contributed by atoms with Gasteiger partial charge in [0.1, 0.15) is 12.4 Å². The van der Waals surface area contributed by atoms with E-state index in [0.717, 1.165) is 11.8 Å². The van der Waals surface area contributed by atoms with E-state index in [0.29, 0.717) is 6.61 Å². The van der Waals surface area contributed by atoms with Gasteiger partial charge in [-0.15, -0.1) is 0 Å². The largest absolute Gasteiger partial charge is 0.370 e. The minimum Gasteiger partial charge on any atom is -0.370 e. The Bertz CT molecular complexity index is 647. The normalized spacial score (nSPS) is 31.1. The fraction of sp³-hybridized carbons (Fsp3) is 0.588. The van der Waals surface area contributed by atoms with Gasteiger partial charge in [-0.25, -0.2) is 0 Å². The maximum atomic E-state index is 11.1. The van der Waals surface area contributed by atoms with Crippen molar-refractivity contribution >= 4 is 6.29 Å². The molecular formula is C17H21N3O5. The topological polar surface area (TPSA) is 103 Å².